The highest BCUT2D eigenvalue weighted by molar-refractivity contribution is 9.10. The lowest BCUT2D eigenvalue weighted by Crippen LogP contribution is -1.86. The second-order valence-corrected chi connectivity index (χ2v) is 4.64. The molecule has 14 heavy (non-hydrogen) atoms. The molecule has 0 saturated heterocycles. The molecule has 0 aliphatic carbocycles. The molecule has 74 valence electrons. The average Bonchev–Trinajstić information content (AvgIpc) is 2.57. The fourth-order valence-corrected chi connectivity index (χ4v) is 2.82. The highest BCUT2D eigenvalue weighted by Crippen LogP contribution is 2.37. The Kier molecular flexibility index (Phi) is 2.74. The lowest BCUT2D eigenvalue weighted by molar-refractivity contribution is 0.350. The molecule has 1 nitrogen and oxygen atoms in total. The Hall–Kier alpha value is -0.610. The molecule has 0 aliphatic heterocycles. The van der Waals surface area contributed by atoms with E-state index in [1.54, 1.807) is 6.07 Å². The third-order valence-corrected chi connectivity index (χ3v) is 3.59. The number of rotatable bonds is 2. The monoisotopic (exact) mass is 274 g/mol. The average molecular weight is 275 g/mol. The van der Waals surface area contributed by atoms with Crippen LogP contribution in [0.1, 0.15) is 6.92 Å². The van der Waals surface area contributed by atoms with Crippen molar-refractivity contribution in [2.24, 2.45) is 0 Å². The molecular formula is C10H8BrFOS. The molecule has 1 aromatic carbocycles. The number of hydrogen-bond donors (Lipinski definition) is 0. The van der Waals surface area contributed by atoms with Gasteiger partial charge in [-0.15, -0.1) is 0 Å². The van der Waals surface area contributed by atoms with Gasteiger partial charge in [0.25, 0.3) is 0 Å². The van der Waals surface area contributed by atoms with E-state index < -0.39 is 0 Å². The fourth-order valence-electron chi connectivity index (χ4n) is 1.25. The summed E-state index contributed by atoms with van der Waals surface area (Å²) >= 11 is 4.72. The molecule has 0 spiro atoms. The second-order valence-electron chi connectivity index (χ2n) is 2.77. The lowest BCUT2D eigenvalue weighted by Gasteiger charge is -1.94. The predicted octanol–water partition coefficient (Wildman–Crippen LogP) is 4.20. The number of hydrogen-bond acceptors (Lipinski definition) is 2. The number of ether oxygens (including phenoxy) is 1. The molecule has 2 rings (SSSR count). The van der Waals surface area contributed by atoms with Crippen LogP contribution in [0.25, 0.3) is 10.1 Å². The van der Waals surface area contributed by atoms with E-state index in [4.69, 9.17) is 4.74 Å². The van der Waals surface area contributed by atoms with Crippen LogP contribution in [0.15, 0.2) is 22.7 Å². The summed E-state index contributed by atoms with van der Waals surface area (Å²) in [5, 5.41) is 1.63. The van der Waals surface area contributed by atoms with Gasteiger partial charge in [-0.25, -0.2) is 4.39 Å². The molecule has 0 fully saturated rings. The zero-order valence-electron chi connectivity index (χ0n) is 7.51. The Morgan fingerprint density at radius 3 is 2.93 bits per heavy atom. The van der Waals surface area contributed by atoms with E-state index in [2.05, 4.69) is 15.9 Å². The van der Waals surface area contributed by atoms with Gasteiger partial charge in [0, 0.05) is 15.9 Å². The van der Waals surface area contributed by atoms with Crippen molar-refractivity contribution in [1.82, 2.24) is 0 Å². The number of halogens is 2. The van der Waals surface area contributed by atoms with Gasteiger partial charge in [-0.05, 0) is 19.1 Å². The van der Waals surface area contributed by atoms with E-state index in [9.17, 15) is 4.39 Å². The van der Waals surface area contributed by atoms with Crippen LogP contribution >= 0.6 is 27.3 Å². The lowest BCUT2D eigenvalue weighted by atomic mass is 10.2. The summed E-state index contributed by atoms with van der Waals surface area (Å²) in [5.74, 6) is -0.195. The highest BCUT2D eigenvalue weighted by atomic mass is 79.9. The van der Waals surface area contributed by atoms with Crippen LogP contribution in [0.4, 0.5) is 4.39 Å². The molecule has 1 heterocycles. The standard InChI is InChI=1S/C10H8BrFOS/c1-2-13-9-5-6-7(11)3-4-8(12)10(6)14-9/h3-5H,2H2,1H3. The van der Waals surface area contributed by atoms with Crippen LogP contribution in [0, 0.1) is 5.82 Å². The molecule has 0 atom stereocenters. The summed E-state index contributed by atoms with van der Waals surface area (Å²) in [4.78, 5) is 0. The minimum absolute atomic E-state index is 0.195. The van der Waals surface area contributed by atoms with Gasteiger partial charge in [0.2, 0.25) is 0 Å². The van der Waals surface area contributed by atoms with Crippen molar-refractivity contribution in [1.29, 1.82) is 0 Å². The summed E-state index contributed by atoms with van der Waals surface area (Å²) in [5.41, 5.74) is 0. The fraction of sp³-hybridized carbons (Fsp3) is 0.200. The maximum absolute atomic E-state index is 13.4. The van der Waals surface area contributed by atoms with Gasteiger partial charge in [0.15, 0.2) is 5.06 Å². The minimum atomic E-state index is -0.195. The number of benzene rings is 1. The predicted molar refractivity (Wildman–Crippen MR) is 60.7 cm³/mol. The maximum Gasteiger partial charge on any atom is 0.175 e. The molecule has 0 unspecified atom stereocenters. The van der Waals surface area contributed by atoms with Gasteiger partial charge < -0.3 is 4.74 Å². The van der Waals surface area contributed by atoms with E-state index in [0.29, 0.717) is 11.3 Å². The van der Waals surface area contributed by atoms with Gasteiger partial charge in [-0.1, -0.05) is 27.3 Å². The zero-order valence-corrected chi connectivity index (χ0v) is 9.91. The normalized spacial score (nSPS) is 10.8. The van der Waals surface area contributed by atoms with E-state index in [1.807, 2.05) is 13.0 Å². The first-order valence-corrected chi connectivity index (χ1v) is 5.83. The van der Waals surface area contributed by atoms with Crippen molar-refractivity contribution >= 4 is 37.4 Å². The molecule has 1 aromatic heterocycles. The molecule has 0 radical (unpaired) electrons. The van der Waals surface area contributed by atoms with Crippen molar-refractivity contribution in [3.8, 4) is 5.06 Å². The largest absolute Gasteiger partial charge is 0.484 e. The Morgan fingerprint density at radius 1 is 1.50 bits per heavy atom. The van der Waals surface area contributed by atoms with Crippen LogP contribution in [0.3, 0.4) is 0 Å². The van der Waals surface area contributed by atoms with E-state index in [-0.39, 0.29) is 5.82 Å². The third-order valence-electron chi connectivity index (χ3n) is 1.85. The Balaban J connectivity index is 2.63. The van der Waals surface area contributed by atoms with Crippen LogP contribution in [0.2, 0.25) is 0 Å². The van der Waals surface area contributed by atoms with Crippen molar-refractivity contribution in [3.63, 3.8) is 0 Å². The SMILES string of the molecule is CCOc1cc2c(Br)ccc(F)c2s1. The number of fused-ring (bicyclic) bond motifs is 1. The molecule has 0 amide bonds. The summed E-state index contributed by atoms with van der Waals surface area (Å²) in [6, 6.07) is 5.02. The quantitative estimate of drug-likeness (QED) is 0.798. The first-order chi connectivity index (χ1) is 6.72. The first kappa shape index (κ1) is 9.93. The summed E-state index contributed by atoms with van der Waals surface area (Å²) in [6.07, 6.45) is 0. The summed E-state index contributed by atoms with van der Waals surface area (Å²) < 4.78 is 20.2. The maximum atomic E-state index is 13.4. The van der Waals surface area contributed by atoms with Gasteiger partial charge >= 0.3 is 0 Å². The van der Waals surface area contributed by atoms with Crippen LogP contribution in [0.5, 0.6) is 5.06 Å². The molecular weight excluding hydrogens is 267 g/mol. The van der Waals surface area contributed by atoms with Crippen molar-refractivity contribution in [2.45, 2.75) is 6.92 Å². The molecule has 0 aliphatic rings. The molecule has 0 saturated carbocycles. The minimum Gasteiger partial charge on any atom is -0.484 e. The first-order valence-electron chi connectivity index (χ1n) is 4.22. The van der Waals surface area contributed by atoms with Crippen molar-refractivity contribution in [2.75, 3.05) is 6.61 Å². The molecule has 0 bridgehead atoms. The van der Waals surface area contributed by atoms with Gasteiger partial charge in [0.05, 0.1) is 11.3 Å². The van der Waals surface area contributed by atoms with Crippen molar-refractivity contribution in [3.05, 3.63) is 28.5 Å². The molecule has 0 N–H and O–H groups in total. The Bertz CT molecular complexity index is 427. The summed E-state index contributed by atoms with van der Waals surface area (Å²) in [7, 11) is 0. The third kappa shape index (κ3) is 1.64. The van der Waals surface area contributed by atoms with Gasteiger partial charge in [-0.3, -0.25) is 0 Å². The molecule has 2 aromatic rings. The second kappa shape index (κ2) is 3.87. The van der Waals surface area contributed by atoms with Crippen LogP contribution < -0.4 is 4.74 Å². The highest BCUT2D eigenvalue weighted by Gasteiger charge is 2.09. The summed E-state index contributed by atoms with van der Waals surface area (Å²) in [6.45, 7) is 2.52. The topological polar surface area (TPSA) is 9.23 Å². The van der Waals surface area contributed by atoms with E-state index in [0.717, 1.165) is 14.9 Å². The molecule has 4 heteroatoms. The Labute approximate surface area is 93.6 Å². The van der Waals surface area contributed by atoms with Crippen molar-refractivity contribution < 1.29 is 9.13 Å². The van der Waals surface area contributed by atoms with Gasteiger partial charge in [-0.2, -0.15) is 0 Å². The zero-order chi connectivity index (χ0) is 10.1. The van der Waals surface area contributed by atoms with Crippen LogP contribution in [-0.2, 0) is 0 Å². The number of thiophene rings is 1. The van der Waals surface area contributed by atoms with E-state index >= 15 is 0 Å². The van der Waals surface area contributed by atoms with Crippen LogP contribution in [-0.4, -0.2) is 6.61 Å². The van der Waals surface area contributed by atoms with E-state index in [1.165, 1.54) is 17.4 Å². The Morgan fingerprint density at radius 2 is 2.29 bits per heavy atom. The van der Waals surface area contributed by atoms with Gasteiger partial charge in [0.1, 0.15) is 5.82 Å². The smallest absolute Gasteiger partial charge is 0.175 e.